The third kappa shape index (κ3) is 4.19. The van der Waals surface area contributed by atoms with E-state index in [9.17, 15) is 5.26 Å². The lowest BCUT2D eigenvalue weighted by molar-refractivity contribution is 0.302. The standard InChI is InChI=1S/C22H20N2O/c1-17-9-5-7-13-20(17)24-21(15-23)19-12-6-8-14-22(19)25-16-18-10-3-2-4-11-18/h2-14,21,24H,16H2,1H3. The molecule has 0 amide bonds. The molecule has 0 radical (unpaired) electrons. The molecule has 0 aliphatic rings. The Bertz CT molecular complexity index is 868. The van der Waals surface area contributed by atoms with Crippen molar-refractivity contribution in [1.29, 1.82) is 5.26 Å². The summed E-state index contributed by atoms with van der Waals surface area (Å²) in [5.41, 5.74) is 3.99. The zero-order valence-corrected chi connectivity index (χ0v) is 14.1. The van der Waals surface area contributed by atoms with Crippen molar-refractivity contribution in [2.24, 2.45) is 0 Å². The number of anilines is 1. The van der Waals surface area contributed by atoms with Crippen LogP contribution in [-0.2, 0) is 6.61 Å². The number of nitrogens with zero attached hydrogens (tertiary/aromatic N) is 1. The summed E-state index contributed by atoms with van der Waals surface area (Å²) < 4.78 is 5.98. The fraction of sp³-hybridized carbons (Fsp3) is 0.136. The lowest BCUT2D eigenvalue weighted by Crippen LogP contribution is -2.11. The van der Waals surface area contributed by atoms with Crippen LogP contribution in [-0.4, -0.2) is 0 Å². The molecule has 3 nitrogen and oxygen atoms in total. The van der Waals surface area contributed by atoms with Crippen molar-refractivity contribution in [1.82, 2.24) is 0 Å². The van der Waals surface area contributed by atoms with Crippen molar-refractivity contribution in [3.05, 3.63) is 95.6 Å². The molecule has 3 aromatic rings. The van der Waals surface area contributed by atoms with E-state index in [-0.39, 0.29) is 0 Å². The van der Waals surface area contributed by atoms with E-state index in [1.807, 2.05) is 85.8 Å². The third-order valence-electron chi connectivity index (χ3n) is 4.04. The molecule has 0 spiro atoms. The maximum absolute atomic E-state index is 9.67. The molecule has 25 heavy (non-hydrogen) atoms. The van der Waals surface area contributed by atoms with Crippen LogP contribution in [0.1, 0.15) is 22.7 Å². The monoisotopic (exact) mass is 328 g/mol. The van der Waals surface area contributed by atoms with Crippen LogP contribution in [0.15, 0.2) is 78.9 Å². The fourth-order valence-electron chi connectivity index (χ4n) is 2.66. The van der Waals surface area contributed by atoms with Crippen LogP contribution in [0.2, 0.25) is 0 Å². The van der Waals surface area contributed by atoms with Crippen LogP contribution in [0, 0.1) is 18.3 Å². The zero-order chi connectivity index (χ0) is 17.5. The molecule has 3 aromatic carbocycles. The van der Waals surface area contributed by atoms with Crippen molar-refractivity contribution in [3.8, 4) is 11.8 Å². The van der Waals surface area contributed by atoms with Gasteiger partial charge in [0.05, 0.1) is 6.07 Å². The van der Waals surface area contributed by atoms with Gasteiger partial charge >= 0.3 is 0 Å². The summed E-state index contributed by atoms with van der Waals surface area (Å²) in [4.78, 5) is 0. The highest BCUT2D eigenvalue weighted by Crippen LogP contribution is 2.29. The van der Waals surface area contributed by atoms with Crippen LogP contribution >= 0.6 is 0 Å². The first-order valence-corrected chi connectivity index (χ1v) is 8.25. The van der Waals surface area contributed by atoms with Gasteiger partial charge in [-0.05, 0) is 30.2 Å². The van der Waals surface area contributed by atoms with Crippen molar-refractivity contribution in [2.45, 2.75) is 19.6 Å². The van der Waals surface area contributed by atoms with Gasteiger partial charge in [-0.15, -0.1) is 0 Å². The molecule has 0 aromatic heterocycles. The number of para-hydroxylation sites is 2. The Morgan fingerprint density at radius 1 is 0.920 bits per heavy atom. The molecule has 1 atom stereocenters. The Morgan fingerprint density at radius 3 is 2.36 bits per heavy atom. The number of ether oxygens (including phenoxy) is 1. The average molecular weight is 328 g/mol. The van der Waals surface area contributed by atoms with E-state index in [0.29, 0.717) is 6.61 Å². The summed E-state index contributed by atoms with van der Waals surface area (Å²) in [6.45, 7) is 2.49. The third-order valence-corrected chi connectivity index (χ3v) is 4.04. The minimum absolute atomic E-state index is 0.473. The second kappa shape index (κ2) is 8.03. The first kappa shape index (κ1) is 16.6. The van der Waals surface area contributed by atoms with Gasteiger partial charge in [0.15, 0.2) is 0 Å². The second-order valence-electron chi connectivity index (χ2n) is 5.83. The Labute approximate surface area is 148 Å². The molecule has 0 aliphatic heterocycles. The average Bonchev–Trinajstić information content (AvgIpc) is 2.67. The van der Waals surface area contributed by atoms with Crippen LogP contribution in [0.5, 0.6) is 5.75 Å². The van der Waals surface area contributed by atoms with E-state index in [1.165, 1.54) is 0 Å². The Hall–Kier alpha value is -3.25. The largest absolute Gasteiger partial charge is 0.489 e. The molecule has 0 bridgehead atoms. The summed E-state index contributed by atoms with van der Waals surface area (Å²) >= 11 is 0. The number of aryl methyl sites for hydroxylation is 1. The van der Waals surface area contributed by atoms with Crippen molar-refractivity contribution in [2.75, 3.05) is 5.32 Å². The number of nitrogens with one attached hydrogen (secondary N) is 1. The summed E-state index contributed by atoms with van der Waals surface area (Å²) in [6.07, 6.45) is 0. The van der Waals surface area contributed by atoms with E-state index >= 15 is 0 Å². The summed E-state index contributed by atoms with van der Waals surface area (Å²) in [5, 5.41) is 13.0. The number of nitriles is 1. The zero-order valence-electron chi connectivity index (χ0n) is 14.1. The van der Waals surface area contributed by atoms with Gasteiger partial charge in [-0.25, -0.2) is 0 Å². The highest BCUT2D eigenvalue weighted by atomic mass is 16.5. The molecule has 0 heterocycles. The maximum Gasteiger partial charge on any atom is 0.143 e. The van der Waals surface area contributed by atoms with E-state index in [1.54, 1.807) is 0 Å². The predicted molar refractivity (Wildman–Crippen MR) is 100 cm³/mol. The molecule has 3 rings (SSSR count). The van der Waals surface area contributed by atoms with Crippen LogP contribution in [0.25, 0.3) is 0 Å². The smallest absolute Gasteiger partial charge is 0.143 e. The molecule has 0 fully saturated rings. The Morgan fingerprint density at radius 2 is 1.60 bits per heavy atom. The van der Waals surface area contributed by atoms with Gasteiger partial charge in [-0.1, -0.05) is 66.7 Å². The van der Waals surface area contributed by atoms with Crippen molar-refractivity contribution < 1.29 is 4.74 Å². The summed E-state index contributed by atoms with van der Waals surface area (Å²) in [5.74, 6) is 0.721. The van der Waals surface area contributed by atoms with Gasteiger partial charge in [-0.2, -0.15) is 5.26 Å². The molecular weight excluding hydrogens is 308 g/mol. The van der Waals surface area contributed by atoms with E-state index < -0.39 is 6.04 Å². The lowest BCUT2D eigenvalue weighted by Gasteiger charge is -2.18. The van der Waals surface area contributed by atoms with Gasteiger partial charge in [0.2, 0.25) is 0 Å². The van der Waals surface area contributed by atoms with Crippen molar-refractivity contribution >= 4 is 5.69 Å². The fourth-order valence-corrected chi connectivity index (χ4v) is 2.66. The van der Waals surface area contributed by atoms with Crippen LogP contribution in [0.4, 0.5) is 5.69 Å². The van der Waals surface area contributed by atoms with E-state index in [2.05, 4.69) is 11.4 Å². The summed E-state index contributed by atoms with van der Waals surface area (Å²) in [6, 6.07) is 27.5. The van der Waals surface area contributed by atoms with Gasteiger partial charge in [0.25, 0.3) is 0 Å². The van der Waals surface area contributed by atoms with Gasteiger partial charge in [0.1, 0.15) is 18.4 Å². The maximum atomic E-state index is 9.67. The van der Waals surface area contributed by atoms with E-state index in [0.717, 1.165) is 28.1 Å². The quantitative estimate of drug-likeness (QED) is 0.672. The van der Waals surface area contributed by atoms with Gasteiger partial charge < -0.3 is 10.1 Å². The molecule has 0 saturated heterocycles. The molecular formula is C22H20N2O. The van der Waals surface area contributed by atoms with Crippen LogP contribution in [0.3, 0.4) is 0 Å². The highest BCUT2D eigenvalue weighted by Gasteiger charge is 2.16. The Kier molecular flexibility index (Phi) is 5.33. The van der Waals surface area contributed by atoms with Crippen LogP contribution < -0.4 is 10.1 Å². The highest BCUT2D eigenvalue weighted by molar-refractivity contribution is 5.54. The topological polar surface area (TPSA) is 45.0 Å². The number of hydrogen-bond donors (Lipinski definition) is 1. The molecule has 1 unspecified atom stereocenters. The predicted octanol–water partition coefficient (Wildman–Crippen LogP) is 5.25. The number of rotatable bonds is 6. The molecule has 0 saturated carbocycles. The first-order valence-electron chi connectivity index (χ1n) is 8.25. The molecule has 0 aliphatic carbocycles. The SMILES string of the molecule is Cc1ccccc1NC(C#N)c1ccccc1OCc1ccccc1. The van der Waals surface area contributed by atoms with Crippen molar-refractivity contribution in [3.63, 3.8) is 0 Å². The second-order valence-corrected chi connectivity index (χ2v) is 5.83. The molecule has 1 N–H and O–H groups in total. The molecule has 3 heteroatoms. The Balaban J connectivity index is 1.81. The lowest BCUT2D eigenvalue weighted by atomic mass is 10.1. The van der Waals surface area contributed by atoms with Gasteiger partial charge in [-0.3, -0.25) is 0 Å². The van der Waals surface area contributed by atoms with E-state index in [4.69, 9.17) is 4.74 Å². The first-order chi connectivity index (χ1) is 12.3. The summed E-state index contributed by atoms with van der Waals surface area (Å²) in [7, 11) is 0. The molecule has 124 valence electrons. The minimum atomic E-state index is -0.479. The number of hydrogen-bond acceptors (Lipinski definition) is 3. The minimum Gasteiger partial charge on any atom is -0.489 e. The normalized spacial score (nSPS) is 11.4. The number of benzene rings is 3. The van der Waals surface area contributed by atoms with Gasteiger partial charge in [0, 0.05) is 11.3 Å².